The molecule has 0 aromatic heterocycles. The van der Waals surface area contributed by atoms with Crippen molar-refractivity contribution in [2.45, 2.75) is 23.3 Å². The molecule has 0 saturated carbocycles. The highest BCUT2D eigenvalue weighted by atomic mass is 35.5. The molecule has 1 unspecified atom stereocenters. The third kappa shape index (κ3) is 2.91. The molecule has 5 nitrogen and oxygen atoms in total. The molecular formula is C18H15Cl2NO4S. The standard InChI is InChI=1S/C18H15Cl2NO4S/c19-12-5-6-14(20)17(9-12)26(23,24)21-8-7-18(11-21)10-15(22)13-3-1-2-4-16(13)25-18/h1-6,9H,7-8,10-11H2. The van der Waals surface area contributed by atoms with Gasteiger partial charge in [0.15, 0.2) is 5.78 Å². The van der Waals surface area contributed by atoms with E-state index < -0.39 is 15.6 Å². The van der Waals surface area contributed by atoms with Crippen LogP contribution in [0.5, 0.6) is 5.75 Å². The summed E-state index contributed by atoms with van der Waals surface area (Å²) in [5.74, 6) is 0.468. The molecule has 2 aliphatic rings. The van der Waals surface area contributed by atoms with Crippen molar-refractivity contribution < 1.29 is 17.9 Å². The normalized spacial score (nSPS) is 23.1. The summed E-state index contributed by atoms with van der Waals surface area (Å²) in [4.78, 5) is 12.4. The van der Waals surface area contributed by atoms with Gasteiger partial charge in [-0.05, 0) is 30.3 Å². The van der Waals surface area contributed by atoms with E-state index in [0.29, 0.717) is 22.8 Å². The number of halogens is 2. The number of sulfonamides is 1. The predicted molar refractivity (Wildman–Crippen MR) is 98.6 cm³/mol. The minimum absolute atomic E-state index is 0.0353. The van der Waals surface area contributed by atoms with Crippen LogP contribution in [0, 0.1) is 0 Å². The van der Waals surface area contributed by atoms with Gasteiger partial charge in [-0.1, -0.05) is 35.3 Å². The first-order valence-corrected chi connectivity index (χ1v) is 10.3. The van der Waals surface area contributed by atoms with Crippen molar-refractivity contribution in [2.75, 3.05) is 13.1 Å². The minimum Gasteiger partial charge on any atom is -0.485 e. The number of hydrogen-bond acceptors (Lipinski definition) is 4. The maximum Gasteiger partial charge on any atom is 0.244 e. The van der Waals surface area contributed by atoms with Crippen molar-refractivity contribution in [2.24, 2.45) is 0 Å². The first-order valence-electron chi connectivity index (χ1n) is 8.07. The number of ketones is 1. The fourth-order valence-corrected chi connectivity index (χ4v) is 5.75. The topological polar surface area (TPSA) is 63.7 Å². The van der Waals surface area contributed by atoms with Crippen molar-refractivity contribution in [3.05, 3.63) is 58.1 Å². The summed E-state index contributed by atoms with van der Waals surface area (Å²) in [6, 6.07) is 11.4. The molecule has 26 heavy (non-hydrogen) atoms. The molecule has 0 amide bonds. The fraction of sp³-hybridized carbons (Fsp3) is 0.278. The molecule has 0 N–H and O–H groups in total. The van der Waals surface area contributed by atoms with Crippen LogP contribution in [0.2, 0.25) is 10.0 Å². The van der Waals surface area contributed by atoms with Gasteiger partial charge in [0.2, 0.25) is 10.0 Å². The number of carbonyl (C=O) groups is 1. The van der Waals surface area contributed by atoms with Crippen molar-refractivity contribution in [3.63, 3.8) is 0 Å². The minimum atomic E-state index is -3.84. The van der Waals surface area contributed by atoms with E-state index in [2.05, 4.69) is 0 Å². The Hall–Kier alpha value is -1.60. The molecule has 1 atom stereocenters. The Morgan fingerprint density at radius 2 is 1.88 bits per heavy atom. The van der Waals surface area contributed by atoms with Crippen molar-refractivity contribution in [3.8, 4) is 5.75 Å². The van der Waals surface area contributed by atoms with Gasteiger partial charge >= 0.3 is 0 Å². The molecule has 2 heterocycles. The molecule has 2 aromatic rings. The number of carbonyl (C=O) groups excluding carboxylic acids is 1. The first kappa shape index (κ1) is 17.8. The molecule has 0 aliphatic carbocycles. The molecule has 1 spiro atoms. The lowest BCUT2D eigenvalue weighted by atomic mass is 9.89. The molecule has 2 aromatic carbocycles. The van der Waals surface area contributed by atoms with Crippen LogP contribution >= 0.6 is 23.2 Å². The highest BCUT2D eigenvalue weighted by Crippen LogP contribution is 2.40. The molecule has 2 aliphatic heterocycles. The molecule has 0 radical (unpaired) electrons. The Morgan fingerprint density at radius 1 is 1.12 bits per heavy atom. The molecule has 1 fully saturated rings. The summed E-state index contributed by atoms with van der Waals surface area (Å²) in [5.41, 5.74) is -0.305. The lowest BCUT2D eigenvalue weighted by Crippen LogP contribution is -2.45. The largest absolute Gasteiger partial charge is 0.485 e. The van der Waals surface area contributed by atoms with Gasteiger partial charge in [-0.3, -0.25) is 4.79 Å². The third-order valence-electron chi connectivity index (χ3n) is 4.79. The van der Waals surface area contributed by atoms with E-state index in [1.165, 1.54) is 22.5 Å². The van der Waals surface area contributed by atoms with Gasteiger partial charge in [0.1, 0.15) is 16.2 Å². The summed E-state index contributed by atoms with van der Waals surface area (Å²) in [7, 11) is -3.84. The Labute approximate surface area is 161 Å². The smallest absolute Gasteiger partial charge is 0.244 e. The summed E-state index contributed by atoms with van der Waals surface area (Å²) >= 11 is 12.0. The molecule has 4 rings (SSSR count). The average molecular weight is 412 g/mol. The predicted octanol–water partition coefficient (Wildman–Crippen LogP) is 3.79. The van der Waals surface area contributed by atoms with Gasteiger partial charge in [0.25, 0.3) is 0 Å². The van der Waals surface area contributed by atoms with Crippen molar-refractivity contribution >= 4 is 39.0 Å². The maximum absolute atomic E-state index is 13.0. The zero-order valence-electron chi connectivity index (χ0n) is 13.6. The highest BCUT2D eigenvalue weighted by Gasteiger charge is 2.49. The lowest BCUT2D eigenvalue weighted by molar-refractivity contribution is 0.0498. The van der Waals surface area contributed by atoms with Gasteiger partial charge < -0.3 is 4.74 Å². The number of benzene rings is 2. The van der Waals surface area contributed by atoms with E-state index in [1.807, 2.05) is 0 Å². The zero-order valence-corrected chi connectivity index (χ0v) is 15.9. The van der Waals surface area contributed by atoms with E-state index >= 15 is 0 Å². The van der Waals surface area contributed by atoms with Gasteiger partial charge in [-0.25, -0.2) is 8.42 Å². The van der Waals surface area contributed by atoms with E-state index in [4.69, 9.17) is 27.9 Å². The maximum atomic E-state index is 13.0. The third-order valence-corrected chi connectivity index (χ3v) is 7.35. The van der Waals surface area contributed by atoms with Gasteiger partial charge in [-0.15, -0.1) is 0 Å². The highest BCUT2D eigenvalue weighted by molar-refractivity contribution is 7.89. The monoisotopic (exact) mass is 411 g/mol. The fourth-order valence-electron chi connectivity index (χ4n) is 3.50. The summed E-state index contributed by atoms with van der Waals surface area (Å²) in [6.45, 7) is 0.346. The van der Waals surface area contributed by atoms with Crippen LogP contribution in [0.4, 0.5) is 0 Å². The van der Waals surface area contributed by atoms with Crippen LogP contribution in [0.25, 0.3) is 0 Å². The second-order valence-corrected chi connectivity index (χ2v) is 9.29. The lowest BCUT2D eigenvalue weighted by Gasteiger charge is -2.34. The zero-order chi connectivity index (χ0) is 18.5. The van der Waals surface area contributed by atoms with Crippen molar-refractivity contribution in [1.29, 1.82) is 0 Å². The number of ether oxygens (including phenoxy) is 1. The van der Waals surface area contributed by atoms with Gasteiger partial charge in [-0.2, -0.15) is 4.31 Å². The Morgan fingerprint density at radius 3 is 2.69 bits per heavy atom. The number of nitrogens with zero attached hydrogens (tertiary/aromatic N) is 1. The second-order valence-electron chi connectivity index (χ2n) is 6.54. The Bertz CT molecular complexity index is 1010. The van der Waals surface area contributed by atoms with Crippen molar-refractivity contribution in [1.82, 2.24) is 4.31 Å². The molecule has 136 valence electrons. The Balaban J connectivity index is 1.65. The number of Topliss-reactive ketones (excluding diaryl/α,β-unsaturated/α-hetero) is 1. The van der Waals surface area contributed by atoms with E-state index in [0.717, 1.165) is 0 Å². The average Bonchev–Trinajstić information content (AvgIpc) is 3.01. The quantitative estimate of drug-likeness (QED) is 0.753. The number of hydrogen-bond donors (Lipinski definition) is 0. The van der Waals surface area contributed by atoms with Crippen LogP contribution in [0.3, 0.4) is 0 Å². The van der Waals surface area contributed by atoms with Gasteiger partial charge in [0.05, 0.1) is 23.6 Å². The summed E-state index contributed by atoms with van der Waals surface area (Å²) in [6.07, 6.45) is 0.587. The SMILES string of the molecule is O=C1CC2(CCN(S(=O)(=O)c3cc(Cl)ccc3Cl)C2)Oc2ccccc21. The molecule has 1 saturated heterocycles. The van der Waals surface area contributed by atoms with E-state index in [-0.39, 0.29) is 35.2 Å². The van der Waals surface area contributed by atoms with Gasteiger partial charge in [0, 0.05) is 18.0 Å². The molecule has 0 bridgehead atoms. The number of rotatable bonds is 2. The van der Waals surface area contributed by atoms with Crippen LogP contribution in [-0.4, -0.2) is 37.2 Å². The van der Waals surface area contributed by atoms with E-state index in [9.17, 15) is 13.2 Å². The molecule has 8 heteroatoms. The number of fused-ring (bicyclic) bond motifs is 1. The summed E-state index contributed by atoms with van der Waals surface area (Å²) in [5, 5.41) is 0.404. The number of para-hydroxylation sites is 1. The second kappa shape index (κ2) is 6.23. The first-order chi connectivity index (χ1) is 12.3. The van der Waals surface area contributed by atoms with Crippen LogP contribution in [0.15, 0.2) is 47.4 Å². The van der Waals surface area contributed by atoms with Crippen LogP contribution in [-0.2, 0) is 10.0 Å². The summed E-state index contributed by atoms with van der Waals surface area (Å²) < 4.78 is 33.4. The Kier molecular flexibility index (Phi) is 4.27. The van der Waals surface area contributed by atoms with Crippen LogP contribution in [0.1, 0.15) is 23.2 Å². The molecular weight excluding hydrogens is 397 g/mol. The van der Waals surface area contributed by atoms with E-state index in [1.54, 1.807) is 24.3 Å². The van der Waals surface area contributed by atoms with Crippen LogP contribution < -0.4 is 4.74 Å².